The molecule has 0 spiro atoms. The first-order valence-electron chi connectivity index (χ1n) is 10.5. The molecule has 0 saturated heterocycles. The van der Waals surface area contributed by atoms with Crippen molar-refractivity contribution >= 4 is 11.8 Å². The van der Waals surface area contributed by atoms with Gasteiger partial charge in [0.2, 0.25) is 0 Å². The van der Waals surface area contributed by atoms with Crippen molar-refractivity contribution in [1.82, 2.24) is 0 Å². The Morgan fingerprint density at radius 3 is 2.43 bits per heavy atom. The van der Waals surface area contributed by atoms with Crippen LogP contribution in [0.5, 0.6) is 0 Å². The van der Waals surface area contributed by atoms with Gasteiger partial charge in [-0.15, -0.1) is 0 Å². The summed E-state index contributed by atoms with van der Waals surface area (Å²) in [5.41, 5.74) is 3.70. The molecule has 2 rings (SSSR count). The van der Waals surface area contributed by atoms with Gasteiger partial charge in [0.1, 0.15) is 6.61 Å². The summed E-state index contributed by atoms with van der Waals surface area (Å²) < 4.78 is 0. The summed E-state index contributed by atoms with van der Waals surface area (Å²) in [7, 11) is 0. The summed E-state index contributed by atoms with van der Waals surface area (Å²) in [6.45, 7) is 9.42. The zero-order valence-corrected chi connectivity index (χ0v) is 18.5. The van der Waals surface area contributed by atoms with E-state index in [4.69, 9.17) is 5.11 Å². The Hall–Kier alpha value is -2.24. The second kappa shape index (κ2) is 10.2. The van der Waals surface area contributed by atoms with E-state index in [2.05, 4.69) is 26.0 Å². The molecule has 0 aromatic heterocycles. The van der Waals surface area contributed by atoms with Crippen molar-refractivity contribution in [3.63, 3.8) is 0 Å². The first kappa shape index (κ1) is 24.0. The first-order chi connectivity index (χ1) is 14.0. The van der Waals surface area contributed by atoms with Crippen LogP contribution in [-0.2, 0) is 9.59 Å². The third-order valence-corrected chi connectivity index (χ3v) is 6.42. The van der Waals surface area contributed by atoms with Gasteiger partial charge in [-0.2, -0.15) is 0 Å². The number of carbonyl (C=O) groups is 2. The summed E-state index contributed by atoms with van der Waals surface area (Å²) in [6.07, 6.45) is 10.9. The molecule has 6 atom stereocenters. The van der Waals surface area contributed by atoms with Gasteiger partial charge in [0.05, 0.1) is 6.10 Å². The number of aliphatic hydroxyl groups is 2. The number of aliphatic hydroxyl groups excluding tert-OH is 2. The Labute approximate surface area is 179 Å². The van der Waals surface area contributed by atoms with Crippen LogP contribution in [-0.4, -0.2) is 39.8 Å². The molecule has 30 heavy (non-hydrogen) atoms. The Morgan fingerprint density at radius 1 is 1.17 bits per heavy atom. The molecule has 0 aromatic rings. The van der Waals surface area contributed by atoms with E-state index in [0.29, 0.717) is 5.92 Å². The molecule has 1 saturated carbocycles. The molecule has 0 aromatic carbocycles. The van der Waals surface area contributed by atoms with E-state index in [1.54, 1.807) is 6.08 Å². The number of rotatable bonds is 6. The number of fused-ring (bicyclic) bond motifs is 1. The fraction of sp³-hybridized carbons (Fsp3) is 0.520. The third kappa shape index (κ3) is 5.67. The van der Waals surface area contributed by atoms with Gasteiger partial charge in [0.25, 0.3) is 0 Å². The van der Waals surface area contributed by atoms with E-state index in [9.17, 15) is 19.8 Å². The van der Waals surface area contributed by atoms with Crippen LogP contribution in [0.25, 0.3) is 0 Å². The van der Waals surface area contributed by atoms with E-state index in [-0.39, 0.29) is 29.5 Å². The number of ketones is 1. The average Bonchev–Trinajstić information content (AvgIpc) is 2.66. The van der Waals surface area contributed by atoms with Crippen molar-refractivity contribution < 1.29 is 24.9 Å². The molecule has 0 amide bonds. The topological polar surface area (TPSA) is 94.8 Å². The Kier molecular flexibility index (Phi) is 8.16. The smallest absolute Gasteiger partial charge is 0.328 e. The lowest BCUT2D eigenvalue weighted by molar-refractivity contribution is -0.131. The number of hydrogen-bond donors (Lipinski definition) is 3. The molecule has 0 bridgehead atoms. The first-order valence-corrected chi connectivity index (χ1v) is 10.5. The van der Waals surface area contributed by atoms with Gasteiger partial charge in [-0.25, -0.2) is 4.79 Å². The second-order valence-corrected chi connectivity index (χ2v) is 8.87. The molecule has 5 nitrogen and oxygen atoms in total. The van der Waals surface area contributed by atoms with E-state index in [1.807, 2.05) is 26.8 Å². The van der Waals surface area contributed by atoms with Crippen molar-refractivity contribution in [1.29, 1.82) is 0 Å². The van der Waals surface area contributed by atoms with Crippen LogP contribution in [0.2, 0.25) is 0 Å². The molecule has 0 radical (unpaired) electrons. The van der Waals surface area contributed by atoms with Crippen LogP contribution in [0.3, 0.4) is 0 Å². The molecule has 0 heterocycles. The van der Waals surface area contributed by atoms with Gasteiger partial charge in [-0.3, -0.25) is 4.79 Å². The Bertz CT molecular complexity index is 826. The van der Waals surface area contributed by atoms with E-state index >= 15 is 0 Å². The van der Waals surface area contributed by atoms with Gasteiger partial charge in [0.15, 0.2) is 5.78 Å². The van der Waals surface area contributed by atoms with Crippen LogP contribution in [0.4, 0.5) is 0 Å². The zero-order valence-electron chi connectivity index (χ0n) is 18.5. The standard InChI is InChI=1S/C25H34O5/c1-14(6-7-23(28)29)8-15(2)9-22-21(12-20(27)13-26)16(3)10-19-11-17(4)25(30)18(5)24(19)22/h6-10,12,17-19,22,24-26,30H,11,13H2,1-5H3,(H,28,29)/b7-6+,14-8-,15-9-,21-12+/t17-,18+,19-,22+,24+,25+/m0/s1. The van der Waals surface area contributed by atoms with Gasteiger partial charge >= 0.3 is 5.97 Å². The molecule has 0 aliphatic heterocycles. The number of carboxylic acid groups (broad SMARTS) is 1. The summed E-state index contributed by atoms with van der Waals surface area (Å²) in [4.78, 5) is 22.8. The molecular weight excluding hydrogens is 380 g/mol. The fourth-order valence-electron chi connectivity index (χ4n) is 5.09. The number of carboxylic acids is 1. The summed E-state index contributed by atoms with van der Waals surface area (Å²) in [5, 5.41) is 28.8. The lowest BCUT2D eigenvalue weighted by atomic mass is 9.57. The second-order valence-electron chi connectivity index (χ2n) is 8.87. The molecule has 2 aliphatic carbocycles. The third-order valence-electron chi connectivity index (χ3n) is 6.42. The normalized spacial score (nSPS) is 34.1. The van der Waals surface area contributed by atoms with Gasteiger partial charge < -0.3 is 15.3 Å². The Balaban J connectivity index is 2.52. The predicted octanol–water partition coefficient (Wildman–Crippen LogP) is 3.85. The molecular formula is C25H34O5. The number of allylic oxidation sites excluding steroid dienone is 8. The van der Waals surface area contributed by atoms with Crippen LogP contribution in [0, 0.1) is 29.6 Å². The largest absolute Gasteiger partial charge is 0.478 e. The monoisotopic (exact) mass is 414 g/mol. The lowest BCUT2D eigenvalue weighted by Crippen LogP contribution is -2.45. The highest BCUT2D eigenvalue weighted by molar-refractivity contribution is 5.92. The molecule has 1 fully saturated rings. The van der Waals surface area contributed by atoms with Crippen molar-refractivity contribution in [3.8, 4) is 0 Å². The molecule has 2 aliphatic rings. The van der Waals surface area contributed by atoms with Crippen LogP contribution >= 0.6 is 0 Å². The van der Waals surface area contributed by atoms with Gasteiger partial charge in [-0.1, -0.05) is 54.9 Å². The predicted molar refractivity (Wildman–Crippen MR) is 118 cm³/mol. The molecule has 5 heteroatoms. The average molecular weight is 415 g/mol. The van der Waals surface area contributed by atoms with Gasteiger partial charge in [-0.05, 0) is 62.5 Å². The van der Waals surface area contributed by atoms with Crippen molar-refractivity contribution in [2.75, 3.05) is 6.61 Å². The quantitative estimate of drug-likeness (QED) is 0.453. The van der Waals surface area contributed by atoms with E-state index in [1.165, 1.54) is 6.08 Å². The highest BCUT2D eigenvalue weighted by atomic mass is 16.4. The van der Waals surface area contributed by atoms with Crippen molar-refractivity contribution in [2.24, 2.45) is 29.6 Å². The minimum Gasteiger partial charge on any atom is -0.478 e. The summed E-state index contributed by atoms with van der Waals surface area (Å²) in [6, 6.07) is 0. The van der Waals surface area contributed by atoms with E-state index < -0.39 is 18.7 Å². The fourth-order valence-corrected chi connectivity index (χ4v) is 5.09. The minimum absolute atomic E-state index is 0.0572. The maximum Gasteiger partial charge on any atom is 0.328 e. The highest BCUT2D eigenvalue weighted by Gasteiger charge is 2.45. The minimum atomic E-state index is -0.993. The molecule has 3 N–H and O–H groups in total. The van der Waals surface area contributed by atoms with Crippen LogP contribution in [0.1, 0.15) is 41.0 Å². The molecule has 0 unspecified atom stereocenters. The maximum atomic E-state index is 12.0. The molecule has 164 valence electrons. The van der Waals surface area contributed by atoms with Crippen molar-refractivity contribution in [2.45, 2.75) is 47.1 Å². The summed E-state index contributed by atoms with van der Waals surface area (Å²) >= 11 is 0. The SMILES string of the molecule is CC1=C[C@H]2C[C@H](C)[C@@H](O)[C@H](C)[C@H]2[C@H](\C=C(C)/C=C(C)\C=C\C(=O)O)/C1=C/C(=O)CO. The number of hydrogen-bond acceptors (Lipinski definition) is 4. The maximum absolute atomic E-state index is 12.0. The lowest BCUT2D eigenvalue weighted by Gasteiger charge is -2.48. The van der Waals surface area contributed by atoms with Crippen molar-refractivity contribution in [3.05, 3.63) is 58.7 Å². The Morgan fingerprint density at radius 2 is 1.83 bits per heavy atom. The van der Waals surface area contributed by atoms with Crippen LogP contribution < -0.4 is 0 Å². The van der Waals surface area contributed by atoms with E-state index in [0.717, 1.165) is 34.8 Å². The summed E-state index contributed by atoms with van der Waals surface area (Å²) in [5.74, 6) is -0.666. The zero-order chi connectivity index (χ0) is 22.6. The van der Waals surface area contributed by atoms with Crippen LogP contribution in [0.15, 0.2) is 58.7 Å². The highest BCUT2D eigenvalue weighted by Crippen LogP contribution is 2.50. The number of carbonyl (C=O) groups excluding carboxylic acids is 1. The van der Waals surface area contributed by atoms with Gasteiger partial charge in [0, 0.05) is 12.0 Å². The number of aliphatic carboxylic acids is 1.